The van der Waals surface area contributed by atoms with E-state index < -0.39 is 11.9 Å². The number of hydrogen-bond acceptors (Lipinski definition) is 6. The van der Waals surface area contributed by atoms with Gasteiger partial charge in [-0.1, -0.05) is 18.2 Å². The van der Waals surface area contributed by atoms with Gasteiger partial charge in [-0.2, -0.15) is 0 Å². The third-order valence-electron chi connectivity index (χ3n) is 4.95. The second-order valence-electron chi connectivity index (χ2n) is 6.91. The Bertz CT molecular complexity index is 920. The molecule has 150 valence electrons. The number of rotatable bonds is 7. The van der Waals surface area contributed by atoms with Crippen molar-refractivity contribution < 1.29 is 28.6 Å². The molecule has 0 saturated carbocycles. The van der Waals surface area contributed by atoms with Gasteiger partial charge in [0, 0.05) is 6.61 Å². The van der Waals surface area contributed by atoms with Crippen LogP contribution in [0.5, 0.6) is 5.75 Å². The Morgan fingerprint density at radius 2 is 1.83 bits per heavy atom. The molecule has 0 unspecified atom stereocenters. The number of hydrogen-bond donors (Lipinski definition) is 0. The zero-order valence-corrected chi connectivity index (χ0v) is 15.8. The fourth-order valence-electron chi connectivity index (χ4n) is 3.47. The smallest absolute Gasteiger partial charge is 0.338 e. The fourth-order valence-corrected chi connectivity index (χ4v) is 3.47. The van der Waals surface area contributed by atoms with E-state index in [0.29, 0.717) is 17.9 Å². The number of carbonyl (C=O) groups excluding carboxylic acids is 3. The molecule has 0 bridgehead atoms. The van der Waals surface area contributed by atoms with Gasteiger partial charge in [-0.3, -0.25) is 14.5 Å². The average Bonchev–Trinajstić information content (AvgIpc) is 3.35. The molecule has 0 radical (unpaired) electrons. The Morgan fingerprint density at radius 3 is 2.59 bits per heavy atom. The van der Waals surface area contributed by atoms with Gasteiger partial charge < -0.3 is 14.2 Å². The standard InChI is InChI=1S/C22H21NO6/c24-20-18-9-8-15(22(26)29-12-11-28-16-5-2-1-3-6-16)13-19(18)21(25)23(20)14-17-7-4-10-27-17/h1-3,5-6,8-9,13,17H,4,7,10-12,14H2/t17-/m0/s1. The summed E-state index contributed by atoms with van der Waals surface area (Å²) in [5.74, 6) is -0.627. The average molecular weight is 395 g/mol. The summed E-state index contributed by atoms with van der Waals surface area (Å²) in [6.07, 6.45) is 1.64. The highest BCUT2D eigenvalue weighted by Gasteiger charge is 2.38. The number of fused-ring (bicyclic) bond motifs is 1. The highest BCUT2D eigenvalue weighted by atomic mass is 16.6. The summed E-state index contributed by atoms with van der Waals surface area (Å²) < 4.78 is 16.2. The normalized spacial score (nSPS) is 18.1. The van der Waals surface area contributed by atoms with Crippen molar-refractivity contribution in [3.8, 4) is 5.75 Å². The van der Waals surface area contributed by atoms with Crippen molar-refractivity contribution in [2.75, 3.05) is 26.4 Å². The van der Waals surface area contributed by atoms with Gasteiger partial charge in [0.2, 0.25) is 0 Å². The number of carbonyl (C=O) groups is 3. The summed E-state index contributed by atoms with van der Waals surface area (Å²) in [5, 5.41) is 0. The molecule has 0 spiro atoms. The lowest BCUT2D eigenvalue weighted by Gasteiger charge is -2.17. The van der Waals surface area contributed by atoms with E-state index in [1.54, 1.807) is 0 Å². The van der Waals surface area contributed by atoms with Crippen LogP contribution in [0.3, 0.4) is 0 Å². The molecule has 2 amide bonds. The van der Waals surface area contributed by atoms with E-state index in [-0.39, 0.29) is 42.9 Å². The molecule has 0 aliphatic carbocycles. The number of amides is 2. The van der Waals surface area contributed by atoms with Gasteiger partial charge in [-0.15, -0.1) is 0 Å². The maximum Gasteiger partial charge on any atom is 0.338 e. The highest BCUT2D eigenvalue weighted by Crippen LogP contribution is 2.26. The first-order valence-electron chi connectivity index (χ1n) is 9.60. The van der Waals surface area contributed by atoms with Gasteiger partial charge in [0.25, 0.3) is 11.8 Å². The molecule has 1 fully saturated rings. The summed E-state index contributed by atoms with van der Waals surface area (Å²) >= 11 is 0. The summed E-state index contributed by atoms with van der Waals surface area (Å²) in [6, 6.07) is 13.6. The second kappa shape index (κ2) is 8.45. The molecule has 4 rings (SSSR count). The Balaban J connectivity index is 1.35. The predicted octanol–water partition coefficient (Wildman–Crippen LogP) is 2.70. The van der Waals surface area contributed by atoms with Crippen molar-refractivity contribution in [2.45, 2.75) is 18.9 Å². The minimum Gasteiger partial charge on any atom is -0.490 e. The van der Waals surface area contributed by atoms with Crippen molar-refractivity contribution in [3.05, 3.63) is 65.2 Å². The topological polar surface area (TPSA) is 82.1 Å². The summed E-state index contributed by atoms with van der Waals surface area (Å²) in [4.78, 5) is 38.7. The van der Waals surface area contributed by atoms with Crippen molar-refractivity contribution in [1.29, 1.82) is 0 Å². The molecule has 2 aliphatic rings. The Kier molecular flexibility index (Phi) is 5.57. The van der Waals surface area contributed by atoms with Gasteiger partial charge in [0.15, 0.2) is 0 Å². The van der Waals surface area contributed by atoms with Gasteiger partial charge in [-0.05, 0) is 43.2 Å². The zero-order chi connectivity index (χ0) is 20.2. The zero-order valence-electron chi connectivity index (χ0n) is 15.8. The molecule has 1 saturated heterocycles. The molecular weight excluding hydrogens is 374 g/mol. The molecule has 2 aromatic rings. The summed E-state index contributed by atoms with van der Waals surface area (Å²) in [6.45, 7) is 1.18. The van der Waals surface area contributed by atoms with E-state index in [1.807, 2.05) is 30.3 Å². The lowest BCUT2D eigenvalue weighted by atomic mass is 10.1. The largest absolute Gasteiger partial charge is 0.490 e. The van der Waals surface area contributed by atoms with Crippen LogP contribution in [-0.4, -0.2) is 55.2 Å². The van der Waals surface area contributed by atoms with Gasteiger partial charge in [0.1, 0.15) is 19.0 Å². The van der Waals surface area contributed by atoms with E-state index in [9.17, 15) is 14.4 Å². The van der Waals surface area contributed by atoms with Gasteiger partial charge >= 0.3 is 5.97 Å². The number of ether oxygens (including phenoxy) is 3. The SMILES string of the molecule is O=C(OCCOc1ccccc1)c1ccc2c(c1)C(=O)N(C[C@@H]1CCCO1)C2=O. The summed E-state index contributed by atoms with van der Waals surface area (Å²) in [5.41, 5.74) is 0.753. The maximum atomic E-state index is 12.7. The van der Waals surface area contributed by atoms with E-state index in [1.165, 1.54) is 23.1 Å². The molecule has 2 heterocycles. The Hall–Kier alpha value is -3.19. The first-order chi connectivity index (χ1) is 14.1. The van der Waals surface area contributed by atoms with Crippen LogP contribution in [0.2, 0.25) is 0 Å². The van der Waals surface area contributed by atoms with Gasteiger partial charge in [-0.25, -0.2) is 4.79 Å². The highest BCUT2D eigenvalue weighted by molar-refractivity contribution is 6.22. The number of imide groups is 1. The Morgan fingerprint density at radius 1 is 1.03 bits per heavy atom. The Labute approximate surface area is 168 Å². The third-order valence-corrected chi connectivity index (χ3v) is 4.95. The van der Waals surface area contributed by atoms with Crippen LogP contribution in [0.15, 0.2) is 48.5 Å². The molecule has 7 nitrogen and oxygen atoms in total. The minimum absolute atomic E-state index is 0.0723. The molecule has 2 aromatic carbocycles. The summed E-state index contributed by atoms with van der Waals surface area (Å²) in [7, 11) is 0. The number of nitrogens with zero attached hydrogens (tertiary/aromatic N) is 1. The maximum absolute atomic E-state index is 12.7. The molecule has 0 aromatic heterocycles. The quantitative estimate of drug-likeness (QED) is 0.407. The van der Waals surface area contributed by atoms with Gasteiger partial charge in [0.05, 0.1) is 29.3 Å². The molecule has 29 heavy (non-hydrogen) atoms. The van der Waals surface area contributed by atoms with Crippen LogP contribution in [0.4, 0.5) is 0 Å². The molecule has 0 N–H and O–H groups in total. The van der Waals surface area contributed by atoms with Crippen LogP contribution in [0.1, 0.15) is 43.9 Å². The molecule has 1 atom stereocenters. The van der Waals surface area contributed by atoms with Crippen molar-refractivity contribution >= 4 is 17.8 Å². The van der Waals surface area contributed by atoms with E-state index in [2.05, 4.69) is 0 Å². The molecular formula is C22H21NO6. The number of esters is 1. The molecule has 7 heteroatoms. The predicted molar refractivity (Wildman–Crippen MR) is 103 cm³/mol. The van der Waals surface area contributed by atoms with Crippen LogP contribution in [0, 0.1) is 0 Å². The monoisotopic (exact) mass is 395 g/mol. The first-order valence-corrected chi connectivity index (χ1v) is 9.60. The fraction of sp³-hybridized carbons (Fsp3) is 0.318. The lowest BCUT2D eigenvalue weighted by molar-refractivity contribution is 0.0449. The number of benzene rings is 2. The van der Waals surface area contributed by atoms with Crippen LogP contribution < -0.4 is 4.74 Å². The lowest BCUT2D eigenvalue weighted by Crippen LogP contribution is -2.36. The van der Waals surface area contributed by atoms with E-state index in [4.69, 9.17) is 14.2 Å². The molecule has 2 aliphatic heterocycles. The van der Waals surface area contributed by atoms with Crippen molar-refractivity contribution in [1.82, 2.24) is 4.90 Å². The van der Waals surface area contributed by atoms with Crippen LogP contribution in [-0.2, 0) is 9.47 Å². The van der Waals surface area contributed by atoms with Crippen LogP contribution >= 0.6 is 0 Å². The third kappa shape index (κ3) is 4.14. The van der Waals surface area contributed by atoms with Crippen LogP contribution in [0.25, 0.3) is 0 Å². The second-order valence-corrected chi connectivity index (χ2v) is 6.91. The first kappa shape index (κ1) is 19.1. The van der Waals surface area contributed by atoms with Crippen molar-refractivity contribution in [3.63, 3.8) is 0 Å². The van der Waals surface area contributed by atoms with E-state index in [0.717, 1.165) is 12.8 Å². The minimum atomic E-state index is -0.567. The number of para-hydroxylation sites is 1. The van der Waals surface area contributed by atoms with Crippen molar-refractivity contribution in [2.24, 2.45) is 0 Å². The van der Waals surface area contributed by atoms with E-state index >= 15 is 0 Å².